The SMILES string of the molecule is CN1C(=O)C(C)(C)CC1C(=O)O. The molecule has 12 heavy (non-hydrogen) atoms. The molecule has 0 bridgehead atoms. The molecule has 1 heterocycles. The van der Waals surface area contributed by atoms with Crippen molar-refractivity contribution in [3.05, 3.63) is 0 Å². The Bertz CT molecular complexity index is 234. The van der Waals surface area contributed by atoms with Crippen LogP contribution in [-0.2, 0) is 9.59 Å². The maximum Gasteiger partial charge on any atom is 0.326 e. The second-order valence-corrected chi connectivity index (χ2v) is 3.86. The Kier molecular flexibility index (Phi) is 1.86. The Balaban J connectivity index is 2.88. The average molecular weight is 171 g/mol. The zero-order valence-electron chi connectivity index (χ0n) is 7.50. The van der Waals surface area contributed by atoms with Crippen LogP contribution >= 0.6 is 0 Å². The first-order chi connectivity index (χ1) is 5.36. The normalized spacial score (nSPS) is 27.8. The van der Waals surface area contributed by atoms with Crippen molar-refractivity contribution < 1.29 is 14.7 Å². The Labute approximate surface area is 71.2 Å². The van der Waals surface area contributed by atoms with Gasteiger partial charge in [-0.05, 0) is 6.42 Å². The van der Waals surface area contributed by atoms with Gasteiger partial charge in [0, 0.05) is 12.5 Å². The summed E-state index contributed by atoms with van der Waals surface area (Å²) in [6, 6.07) is -0.646. The van der Waals surface area contributed by atoms with E-state index in [-0.39, 0.29) is 5.91 Å². The number of carbonyl (C=O) groups is 2. The first-order valence-corrected chi connectivity index (χ1v) is 3.86. The van der Waals surface area contributed by atoms with Crippen LogP contribution in [0.4, 0.5) is 0 Å². The van der Waals surface area contributed by atoms with E-state index in [1.165, 1.54) is 11.9 Å². The highest BCUT2D eigenvalue weighted by atomic mass is 16.4. The van der Waals surface area contributed by atoms with E-state index < -0.39 is 17.4 Å². The molecule has 1 amide bonds. The fourth-order valence-corrected chi connectivity index (χ4v) is 1.58. The first-order valence-electron chi connectivity index (χ1n) is 3.86. The molecule has 1 rings (SSSR count). The molecule has 4 nitrogen and oxygen atoms in total. The lowest BCUT2D eigenvalue weighted by Gasteiger charge is -2.15. The summed E-state index contributed by atoms with van der Waals surface area (Å²) >= 11 is 0. The van der Waals surface area contributed by atoms with Crippen molar-refractivity contribution in [2.24, 2.45) is 5.41 Å². The van der Waals surface area contributed by atoms with Crippen molar-refractivity contribution in [3.8, 4) is 0 Å². The van der Waals surface area contributed by atoms with Gasteiger partial charge in [0.15, 0.2) is 0 Å². The molecular formula is C8H13NO3. The molecule has 0 saturated carbocycles. The molecule has 1 fully saturated rings. The summed E-state index contributed by atoms with van der Waals surface area (Å²) in [5.41, 5.74) is -0.516. The molecule has 0 aromatic rings. The predicted octanol–water partition coefficient (Wildman–Crippen LogP) is 0.328. The van der Waals surface area contributed by atoms with Crippen LogP contribution in [-0.4, -0.2) is 35.0 Å². The van der Waals surface area contributed by atoms with Crippen molar-refractivity contribution in [2.45, 2.75) is 26.3 Å². The lowest BCUT2D eigenvalue weighted by atomic mass is 9.90. The van der Waals surface area contributed by atoms with Gasteiger partial charge >= 0.3 is 5.97 Å². The number of rotatable bonds is 1. The molecule has 1 N–H and O–H groups in total. The van der Waals surface area contributed by atoms with Crippen molar-refractivity contribution in [1.82, 2.24) is 4.90 Å². The molecule has 1 saturated heterocycles. The molecule has 4 heteroatoms. The van der Waals surface area contributed by atoms with E-state index in [9.17, 15) is 9.59 Å². The van der Waals surface area contributed by atoms with E-state index in [0.29, 0.717) is 6.42 Å². The monoisotopic (exact) mass is 171 g/mol. The van der Waals surface area contributed by atoms with Gasteiger partial charge in [-0.1, -0.05) is 13.8 Å². The smallest absolute Gasteiger partial charge is 0.326 e. The van der Waals surface area contributed by atoms with Crippen molar-refractivity contribution in [2.75, 3.05) is 7.05 Å². The number of carboxylic acids is 1. The minimum Gasteiger partial charge on any atom is -0.480 e. The number of likely N-dealkylation sites (N-methyl/N-ethyl adjacent to an activating group) is 1. The Morgan fingerprint density at radius 3 is 2.33 bits per heavy atom. The van der Waals surface area contributed by atoms with Gasteiger partial charge in [-0.3, -0.25) is 4.79 Å². The van der Waals surface area contributed by atoms with E-state index in [0.717, 1.165) is 0 Å². The molecule has 1 aliphatic heterocycles. The van der Waals surface area contributed by atoms with Gasteiger partial charge in [0.05, 0.1) is 0 Å². The maximum atomic E-state index is 11.4. The summed E-state index contributed by atoms with van der Waals surface area (Å²) < 4.78 is 0. The average Bonchev–Trinajstić information content (AvgIpc) is 2.14. The minimum absolute atomic E-state index is 0.0881. The zero-order valence-corrected chi connectivity index (χ0v) is 7.50. The molecule has 0 aromatic heterocycles. The maximum absolute atomic E-state index is 11.4. The van der Waals surface area contributed by atoms with Crippen LogP contribution < -0.4 is 0 Å². The second-order valence-electron chi connectivity index (χ2n) is 3.86. The van der Waals surface area contributed by atoms with Crippen molar-refractivity contribution in [1.29, 1.82) is 0 Å². The quantitative estimate of drug-likeness (QED) is 0.618. The van der Waals surface area contributed by atoms with Crippen LogP contribution in [0.2, 0.25) is 0 Å². The van der Waals surface area contributed by atoms with Gasteiger partial charge in [-0.2, -0.15) is 0 Å². The van der Waals surface area contributed by atoms with E-state index in [1.807, 2.05) is 0 Å². The highest BCUT2D eigenvalue weighted by Gasteiger charge is 2.46. The third-order valence-corrected chi connectivity index (χ3v) is 2.36. The van der Waals surface area contributed by atoms with Crippen molar-refractivity contribution >= 4 is 11.9 Å². The number of hydrogen-bond acceptors (Lipinski definition) is 2. The third kappa shape index (κ3) is 1.17. The van der Waals surface area contributed by atoms with Gasteiger partial charge in [-0.15, -0.1) is 0 Å². The standard InChI is InChI=1S/C8H13NO3/c1-8(2)4-5(6(10)11)9(3)7(8)12/h5H,4H2,1-3H3,(H,10,11). The van der Waals surface area contributed by atoms with Gasteiger partial charge in [-0.25, -0.2) is 4.79 Å². The third-order valence-electron chi connectivity index (χ3n) is 2.36. The molecule has 68 valence electrons. The Morgan fingerprint density at radius 1 is 1.67 bits per heavy atom. The summed E-state index contributed by atoms with van der Waals surface area (Å²) in [4.78, 5) is 23.4. The van der Waals surface area contributed by atoms with Crippen molar-refractivity contribution in [3.63, 3.8) is 0 Å². The topological polar surface area (TPSA) is 57.6 Å². The Morgan fingerprint density at radius 2 is 2.17 bits per heavy atom. The minimum atomic E-state index is -0.920. The highest BCUT2D eigenvalue weighted by molar-refractivity contribution is 5.90. The molecule has 1 aliphatic rings. The molecule has 1 unspecified atom stereocenters. The van der Waals surface area contributed by atoms with Crippen LogP contribution in [0.15, 0.2) is 0 Å². The van der Waals surface area contributed by atoms with Crippen LogP contribution in [0, 0.1) is 5.41 Å². The van der Waals surface area contributed by atoms with Gasteiger partial charge < -0.3 is 10.0 Å². The van der Waals surface area contributed by atoms with Gasteiger partial charge in [0.25, 0.3) is 0 Å². The lowest BCUT2D eigenvalue weighted by Crippen LogP contribution is -2.35. The zero-order chi connectivity index (χ0) is 9.52. The van der Waals surface area contributed by atoms with Crippen LogP contribution in [0.25, 0.3) is 0 Å². The molecule has 0 aliphatic carbocycles. The molecule has 0 radical (unpaired) electrons. The van der Waals surface area contributed by atoms with E-state index in [4.69, 9.17) is 5.11 Å². The van der Waals surface area contributed by atoms with Crippen LogP contribution in [0.5, 0.6) is 0 Å². The fourth-order valence-electron chi connectivity index (χ4n) is 1.58. The highest BCUT2D eigenvalue weighted by Crippen LogP contribution is 2.34. The lowest BCUT2D eigenvalue weighted by molar-refractivity contribution is -0.145. The Hall–Kier alpha value is -1.06. The first kappa shape index (κ1) is 9.03. The number of hydrogen-bond donors (Lipinski definition) is 1. The number of aliphatic carboxylic acids is 1. The number of amides is 1. The largest absolute Gasteiger partial charge is 0.480 e. The molecule has 0 aromatic carbocycles. The molecule has 0 spiro atoms. The predicted molar refractivity (Wildman–Crippen MR) is 42.6 cm³/mol. The summed E-state index contributed by atoms with van der Waals surface area (Å²) in [5.74, 6) is -1.01. The van der Waals surface area contributed by atoms with Gasteiger partial charge in [0.2, 0.25) is 5.91 Å². The molecule has 1 atom stereocenters. The van der Waals surface area contributed by atoms with Crippen LogP contribution in [0.1, 0.15) is 20.3 Å². The fraction of sp³-hybridized carbons (Fsp3) is 0.750. The summed E-state index contributed by atoms with van der Waals surface area (Å²) in [5, 5.41) is 8.74. The summed E-state index contributed by atoms with van der Waals surface area (Å²) in [6.45, 7) is 3.55. The second kappa shape index (κ2) is 2.47. The van der Waals surface area contributed by atoms with E-state index in [2.05, 4.69) is 0 Å². The number of carbonyl (C=O) groups excluding carboxylic acids is 1. The van der Waals surface area contributed by atoms with Crippen LogP contribution in [0.3, 0.4) is 0 Å². The van der Waals surface area contributed by atoms with Gasteiger partial charge in [0.1, 0.15) is 6.04 Å². The summed E-state index contributed by atoms with van der Waals surface area (Å²) in [6.07, 6.45) is 0.400. The number of carboxylic acid groups (broad SMARTS) is 1. The van der Waals surface area contributed by atoms with E-state index in [1.54, 1.807) is 13.8 Å². The number of likely N-dealkylation sites (tertiary alicyclic amines) is 1. The van der Waals surface area contributed by atoms with E-state index >= 15 is 0 Å². The molecular weight excluding hydrogens is 158 g/mol. The number of nitrogens with zero attached hydrogens (tertiary/aromatic N) is 1. The summed E-state index contributed by atoms with van der Waals surface area (Å²) in [7, 11) is 1.54.